The maximum absolute atomic E-state index is 13.0. The molecule has 2 heterocycles. The number of hydrogen-bond donors (Lipinski definition) is 2. The SMILES string of the molecule is CCC(CC)C(=O)N[C@@H](Cc1c[nH]c2ccccc12)C(=O)N1CCCC1. The fourth-order valence-corrected chi connectivity index (χ4v) is 3.83. The third-order valence-corrected chi connectivity index (χ3v) is 5.49. The van der Waals surface area contributed by atoms with Gasteiger partial charge in [0.25, 0.3) is 0 Å². The van der Waals surface area contributed by atoms with Gasteiger partial charge < -0.3 is 15.2 Å². The Bertz CT molecular complexity index is 757. The monoisotopic (exact) mass is 355 g/mol. The molecule has 0 bridgehead atoms. The van der Waals surface area contributed by atoms with E-state index in [0.717, 1.165) is 55.2 Å². The molecule has 1 aliphatic rings. The number of benzene rings is 1. The Balaban J connectivity index is 1.82. The molecule has 3 rings (SSSR count). The molecule has 5 nitrogen and oxygen atoms in total. The van der Waals surface area contributed by atoms with Crippen molar-refractivity contribution in [2.24, 2.45) is 5.92 Å². The lowest BCUT2D eigenvalue weighted by Crippen LogP contribution is -2.50. The van der Waals surface area contributed by atoms with Crippen molar-refractivity contribution in [3.05, 3.63) is 36.0 Å². The van der Waals surface area contributed by atoms with Crippen molar-refractivity contribution < 1.29 is 9.59 Å². The molecule has 0 unspecified atom stereocenters. The van der Waals surface area contributed by atoms with Gasteiger partial charge in [0.05, 0.1) is 0 Å². The van der Waals surface area contributed by atoms with Crippen molar-refractivity contribution in [3.8, 4) is 0 Å². The van der Waals surface area contributed by atoms with Gasteiger partial charge in [-0.3, -0.25) is 9.59 Å². The van der Waals surface area contributed by atoms with E-state index in [-0.39, 0.29) is 17.7 Å². The summed E-state index contributed by atoms with van der Waals surface area (Å²) in [5, 5.41) is 4.17. The first-order valence-electron chi connectivity index (χ1n) is 9.78. The summed E-state index contributed by atoms with van der Waals surface area (Å²) in [5.74, 6) is 0.00585. The molecule has 2 amide bonds. The number of fused-ring (bicyclic) bond motifs is 1. The largest absolute Gasteiger partial charge is 0.361 e. The number of likely N-dealkylation sites (tertiary alicyclic amines) is 1. The average molecular weight is 355 g/mol. The van der Waals surface area contributed by atoms with Crippen LogP contribution in [-0.2, 0) is 16.0 Å². The second-order valence-electron chi connectivity index (χ2n) is 7.17. The zero-order valence-electron chi connectivity index (χ0n) is 15.8. The van der Waals surface area contributed by atoms with Gasteiger partial charge in [-0.15, -0.1) is 0 Å². The molecule has 2 N–H and O–H groups in total. The summed E-state index contributed by atoms with van der Waals surface area (Å²) in [5.41, 5.74) is 2.13. The summed E-state index contributed by atoms with van der Waals surface area (Å²) in [7, 11) is 0. The number of para-hydroxylation sites is 1. The van der Waals surface area contributed by atoms with Gasteiger partial charge in [0.1, 0.15) is 6.04 Å². The number of carbonyl (C=O) groups is 2. The fraction of sp³-hybridized carbons (Fsp3) is 0.524. The summed E-state index contributed by atoms with van der Waals surface area (Å²) >= 11 is 0. The van der Waals surface area contributed by atoms with Gasteiger partial charge in [-0.2, -0.15) is 0 Å². The molecule has 1 aromatic carbocycles. The maximum atomic E-state index is 13.0. The van der Waals surface area contributed by atoms with Crippen LogP contribution in [0.4, 0.5) is 0 Å². The first kappa shape index (κ1) is 18.5. The van der Waals surface area contributed by atoms with Gasteiger partial charge >= 0.3 is 0 Å². The Morgan fingerprint density at radius 1 is 1.15 bits per heavy atom. The molecule has 2 aromatic rings. The third kappa shape index (κ3) is 3.92. The minimum atomic E-state index is -0.500. The first-order chi connectivity index (χ1) is 12.6. The number of amides is 2. The van der Waals surface area contributed by atoms with E-state index >= 15 is 0 Å². The Kier molecular flexibility index (Phi) is 5.96. The summed E-state index contributed by atoms with van der Waals surface area (Å²) < 4.78 is 0. The second kappa shape index (κ2) is 8.39. The zero-order valence-corrected chi connectivity index (χ0v) is 15.8. The van der Waals surface area contributed by atoms with Crippen LogP contribution in [0.1, 0.15) is 45.1 Å². The van der Waals surface area contributed by atoms with Crippen molar-refractivity contribution in [1.29, 1.82) is 0 Å². The van der Waals surface area contributed by atoms with Crippen LogP contribution in [0.3, 0.4) is 0 Å². The van der Waals surface area contributed by atoms with E-state index in [1.807, 2.05) is 43.1 Å². The quantitative estimate of drug-likeness (QED) is 0.801. The summed E-state index contributed by atoms with van der Waals surface area (Å²) in [6.07, 6.45) is 6.15. The number of rotatable bonds is 7. The van der Waals surface area contributed by atoms with Crippen LogP contribution >= 0.6 is 0 Å². The Labute approximate surface area is 155 Å². The van der Waals surface area contributed by atoms with Crippen molar-refractivity contribution in [1.82, 2.24) is 15.2 Å². The van der Waals surface area contributed by atoms with E-state index < -0.39 is 6.04 Å². The molecule has 5 heteroatoms. The van der Waals surface area contributed by atoms with Crippen molar-refractivity contribution in [3.63, 3.8) is 0 Å². The topological polar surface area (TPSA) is 65.2 Å². The summed E-state index contributed by atoms with van der Waals surface area (Å²) in [6.45, 7) is 5.63. The molecule has 26 heavy (non-hydrogen) atoms. The highest BCUT2D eigenvalue weighted by Crippen LogP contribution is 2.21. The van der Waals surface area contributed by atoms with Crippen molar-refractivity contribution in [2.45, 2.75) is 52.0 Å². The lowest BCUT2D eigenvalue weighted by atomic mass is 9.99. The minimum absolute atomic E-state index is 0.00705. The fourth-order valence-electron chi connectivity index (χ4n) is 3.83. The number of H-pyrrole nitrogens is 1. The van der Waals surface area contributed by atoms with Gasteiger partial charge in [-0.1, -0.05) is 32.0 Å². The highest BCUT2D eigenvalue weighted by molar-refractivity contribution is 5.90. The average Bonchev–Trinajstić information content (AvgIpc) is 3.32. The molecular formula is C21H29N3O2. The van der Waals surface area contributed by atoms with E-state index in [0.29, 0.717) is 6.42 Å². The number of nitrogens with zero attached hydrogens (tertiary/aromatic N) is 1. The minimum Gasteiger partial charge on any atom is -0.361 e. The number of aromatic nitrogens is 1. The predicted octanol–water partition coefficient (Wildman–Crippen LogP) is 3.25. The number of carbonyl (C=O) groups excluding carboxylic acids is 2. The standard InChI is InChI=1S/C21H29N3O2/c1-3-15(4-2)20(25)23-19(21(26)24-11-7-8-12-24)13-16-14-22-18-10-6-5-9-17(16)18/h5-6,9-10,14-15,19,22H,3-4,7-8,11-13H2,1-2H3,(H,23,25)/t19-/m0/s1. The molecule has 0 saturated carbocycles. The molecule has 140 valence electrons. The predicted molar refractivity (Wildman–Crippen MR) is 104 cm³/mol. The van der Waals surface area contributed by atoms with E-state index in [1.54, 1.807) is 0 Å². The lowest BCUT2D eigenvalue weighted by Gasteiger charge is -2.25. The molecule has 0 spiro atoms. The number of hydrogen-bond acceptors (Lipinski definition) is 2. The van der Waals surface area contributed by atoms with E-state index in [9.17, 15) is 9.59 Å². The third-order valence-electron chi connectivity index (χ3n) is 5.49. The van der Waals surface area contributed by atoms with Gasteiger partial charge in [0.15, 0.2) is 0 Å². The van der Waals surface area contributed by atoms with Crippen molar-refractivity contribution >= 4 is 22.7 Å². The van der Waals surface area contributed by atoms with Crippen LogP contribution in [0.15, 0.2) is 30.5 Å². The lowest BCUT2D eigenvalue weighted by molar-refractivity contribution is -0.136. The summed E-state index contributed by atoms with van der Waals surface area (Å²) in [4.78, 5) is 30.8. The van der Waals surface area contributed by atoms with E-state index in [2.05, 4.69) is 16.4 Å². The molecule has 1 aromatic heterocycles. The molecular weight excluding hydrogens is 326 g/mol. The van der Waals surface area contributed by atoms with Gasteiger partial charge in [0, 0.05) is 42.5 Å². The summed E-state index contributed by atoms with van der Waals surface area (Å²) in [6, 6.07) is 7.57. The van der Waals surface area contributed by atoms with Crippen LogP contribution in [0.2, 0.25) is 0 Å². The van der Waals surface area contributed by atoms with Crippen LogP contribution in [-0.4, -0.2) is 40.8 Å². The number of aromatic amines is 1. The molecule has 0 aliphatic carbocycles. The van der Waals surface area contributed by atoms with Crippen LogP contribution in [0.5, 0.6) is 0 Å². The van der Waals surface area contributed by atoms with Crippen LogP contribution in [0, 0.1) is 5.92 Å². The van der Waals surface area contributed by atoms with Crippen LogP contribution in [0.25, 0.3) is 10.9 Å². The van der Waals surface area contributed by atoms with E-state index in [1.165, 1.54) is 0 Å². The highest BCUT2D eigenvalue weighted by atomic mass is 16.2. The smallest absolute Gasteiger partial charge is 0.245 e. The van der Waals surface area contributed by atoms with Gasteiger partial charge in [0.2, 0.25) is 11.8 Å². The Morgan fingerprint density at radius 2 is 1.85 bits per heavy atom. The van der Waals surface area contributed by atoms with Gasteiger partial charge in [-0.25, -0.2) is 0 Å². The molecule has 0 radical (unpaired) electrons. The first-order valence-corrected chi connectivity index (χ1v) is 9.78. The second-order valence-corrected chi connectivity index (χ2v) is 7.17. The highest BCUT2D eigenvalue weighted by Gasteiger charge is 2.30. The molecule has 1 atom stereocenters. The Hall–Kier alpha value is -2.30. The van der Waals surface area contributed by atoms with E-state index in [4.69, 9.17) is 0 Å². The normalized spacial score (nSPS) is 15.6. The van der Waals surface area contributed by atoms with Gasteiger partial charge in [-0.05, 0) is 37.3 Å². The maximum Gasteiger partial charge on any atom is 0.245 e. The van der Waals surface area contributed by atoms with Crippen molar-refractivity contribution in [2.75, 3.05) is 13.1 Å². The molecule has 1 aliphatic heterocycles. The van der Waals surface area contributed by atoms with Crippen LogP contribution < -0.4 is 5.32 Å². The molecule has 1 fully saturated rings. The number of nitrogens with one attached hydrogen (secondary N) is 2. The molecule has 1 saturated heterocycles. The zero-order chi connectivity index (χ0) is 18.5. The Morgan fingerprint density at radius 3 is 2.54 bits per heavy atom.